The molecule has 0 unspecified atom stereocenters. The van der Waals surface area contributed by atoms with E-state index in [1.54, 1.807) is 0 Å². The number of carbonyl (C=O) groups excluding carboxylic acids is 2. The molecule has 0 saturated carbocycles. The molecule has 8 nitrogen and oxygen atoms in total. The van der Waals surface area contributed by atoms with Gasteiger partial charge in [0.15, 0.2) is 0 Å². The van der Waals surface area contributed by atoms with Gasteiger partial charge in [-0.15, -0.1) is 0 Å². The van der Waals surface area contributed by atoms with Gasteiger partial charge in [0.25, 0.3) is 0 Å². The molecule has 0 aromatic carbocycles. The van der Waals surface area contributed by atoms with Crippen molar-refractivity contribution in [3.63, 3.8) is 0 Å². The van der Waals surface area contributed by atoms with Crippen LogP contribution in [0, 0.1) is 11.8 Å². The molecule has 0 heterocycles. The number of carbonyl (C=O) groups is 2. The monoisotopic (exact) mass is 379 g/mol. The van der Waals surface area contributed by atoms with Crippen molar-refractivity contribution >= 4 is 21.0 Å². The van der Waals surface area contributed by atoms with Gasteiger partial charge in [-0.05, 0) is 18.3 Å². The van der Waals surface area contributed by atoms with Gasteiger partial charge in [-0.2, -0.15) is 0 Å². The summed E-state index contributed by atoms with van der Waals surface area (Å²) in [5.41, 5.74) is 0. The standard InChI is InChI=1S/C16H33NO7Si/c1-13(2)11-23-15(18)17(16(19)24-12-14(3)4)9-8-10-25(20-5,21-6)22-7/h13-14H,8-12H2,1-7H3. The van der Waals surface area contributed by atoms with Crippen molar-refractivity contribution < 1.29 is 32.3 Å². The van der Waals surface area contributed by atoms with E-state index in [0.717, 1.165) is 4.90 Å². The largest absolute Gasteiger partial charge is 0.500 e. The first kappa shape index (κ1) is 23.8. The van der Waals surface area contributed by atoms with Crippen LogP contribution in [0.5, 0.6) is 0 Å². The summed E-state index contributed by atoms with van der Waals surface area (Å²) in [6, 6.07) is 0.460. The van der Waals surface area contributed by atoms with Crippen LogP contribution in [0.15, 0.2) is 0 Å². The third kappa shape index (κ3) is 9.20. The molecule has 0 fully saturated rings. The molecule has 0 aromatic heterocycles. The van der Waals surface area contributed by atoms with Crippen LogP contribution in [0.2, 0.25) is 6.04 Å². The van der Waals surface area contributed by atoms with E-state index >= 15 is 0 Å². The number of hydrogen-bond acceptors (Lipinski definition) is 7. The Morgan fingerprint density at radius 3 is 1.56 bits per heavy atom. The molecule has 0 aromatic rings. The highest BCUT2D eigenvalue weighted by atomic mass is 28.4. The first-order valence-electron chi connectivity index (χ1n) is 8.47. The average Bonchev–Trinajstić information content (AvgIpc) is 2.58. The minimum atomic E-state index is -2.76. The third-order valence-corrected chi connectivity index (χ3v) is 6.15. The lowest BCUT2D eigenvalue weighted by Gasteiger charge is -2.26. The van der Waals surface area contributed by atoms with Gasteiger partial charge in [0.2, 0.25) is 0 Å². The zero-order chi connectivity index (χ0) is 19.5. The predicted molar refractivity (Wildman–Crippen MR) is 95.3 cm³/mol. The summed E-state index contributed by atoms with van der Waals surface area (Å²) in [4.78, 5) is 25.4. The van der Waals surface area contributed by atoms with Crippen molar-refractivity contribution in [3.8, 4) is 0 Å². The number of amides is 2. The fourth-order valence-corrected chi connectivity index (χ4v) is 3.60. The Bertz CT molecular complexity index is 368. The molecule has 0 bridgehead atoms. The smallest absolute Gasteiger partial charge is 0.449 e. The SMILES string of the molecule is CO[Si](CCCN(C(=O)OCC(C)C)C(=O)OCC(C)C)(OC)OC. The third-order valence-electron chi connectivity index (χ3n) is 3.32. The molecule has 9 heteroatoms. The molecular formula is C16H33NO7Si. The maximum Gasteiger partial charge on any atom is 0.500 e. The molecule has 148 valence electrons. The zero-order valence-corrected chi connectivity index (χ0v) is 17.5. The van der Waals surface area contributed by atoms with E-state index in [-0.39, 0.29) is 31.6 Å². The highest BCUT2D eigenvalue weighted by Gasteiger charge is 2.38. The topological polar surface area (TPSA) is 83.5 Å². The molecule has 0 aliphatic rings. The summed E-state index contributed by atoms with van der Waals surface area (Å²) in [5, 5.41) is 0. The van der Waals surface area contributed by atoms with Gasteiger partial charge in [-0.3, -0.25) is 0 Å². The lowest BCUT2D eigenvalue weighted by Crippen LogP contribution is -2.44. The van der Waals surface area contributed by atoms with Crippen LogP contribution in [0.1, 0.15) is 34.1 Å². The van der Waals surface area contributed by atoms with Gasteiger partial charge < -0.3 is 22.8 Å². The molecule has 0 atom stereocenters. The van der Waals surface area contributed by atoms with Crippen LogP contribution in [-0.4, -0.2) is 67.0 Å². The van der Waals surface area contributed by atoms with Gasteiger partial charge in [0.05, 0.1) is 13.2 Å². The normalized spacial score (nSPS) is 11.7. The average molecular weight is 380 g/mol. The highest BCUT2D eigenvalue weighted by Crippen LogP contribution is 2.16. The second-order valence-electron chi connectivity index (χ2n) is 6.49. The molecule has 0 aliphatic heterocycles. The first-order valence-corrected chi connectivity index (χ1v) is 10.4. The Morgan fingerprint density at radius 2 is 1.24 bits per heavy atom. The van der Waals surface area contributed by atoms with Crippen molar-refractivity contribution in [2.75, 3.05) is 41.1 Å². The first-order chi connectivity index (χ1) is 11.7. The van der Waals surface area contributed by atoms with E-state index in [1.807, 2.05) is 27.7 Å². The van der Waals surface area contributed by atoms with E-state index in [4.69, 9.17) is 22.8 Å². The van der Waals surface area contributed by atoms with Crippen molar-refractivity contribution in [2.45, 2.75) is 40.2 Å². The maximum atomic E-state index is 12.2. The quantitative estimate of drug-likeness (QED) is 0.510. The van der Waals surface area contributed by atoms with Crippen LogP contribution in [0.3, 0.4) is 0 Å². The molecule has 0 rings (SSSR count). The van der Waals surface area contributed by atoms with Gasteiger partial charge >= 0.3 is 21.0 Å². The highest BCUT2D eigenvalue weighted by molar-refractivity contribution is 6.60. The van der Waals surface area contributed by atoms with E-state index in [1.165, 1.54) is 21.3 Å². The second-order valence-corrected chi connectivity index (χ2v) is 9.58. The van der Waals surface area contributed by atoms with E-state index in [9.17, 15) is 9.59 Å². The molecule has 25 heavy (non-hydrogen) atoms. The second kappa shape index (κ2) is 12.2. The summed E-state index contributed by atoms with van der Waals surface area (Å²) in [6.07, 6.45) is -0.959. The molecule has 0 spiro atoms. The van der Waals surface area contributed by atoms with Crippen molar-refractivity contribution in [1.82, 2.24) is 4.90 Å². The molecule has 0 N–H and O–H groups in total. The lowest BCUT2D eigenvalue weighted by molar-refractivity contribution is 0.0652. The van der Waals surface area contributed by atoms with E-state index < -0.39 is 21.0 Å². The minimum absolute atomic E-state index is 0.138. The molecule has 0 aliphatic carbocycles. The Balaban J connectivity index is 4.82. The van der Waals surface area contributed by atoms with Crippen molar-refractivity contribution in [2.24, 2.45) is 11.8 Å². The number of imide groups is 1. The minimum Gasteiger partial charge on any atom is -0.449 e. The summed E-state index contributed by atoms with van der Waals surface area (Å²) < 4.78 is 26.3. The van der Waals surface area contributed by atoms with Crippen LogP contribution < -0.4 is 0 Å². The Hall–Kier alpha value is -1.16. The Kier molecular flexibility index (Phi) is 11.7. The molecular weight excluding hydrogens is 346 g/mol. The van der Waals surface area contributed by atoms with Crippen molar-refractivity contribution in [3.05, 3.63) is 0 Å². The Morgan fingerprint density at radius 1 is 0.840 bits per heavy atom. The number of ether oxygens (including phenoxy) is 2. The van der Waals surface area contributed by atoms with E-state index in [0.29, 0.717) is 12.5 Å². The summed E-state index contributed by atoms with van der Waals surface area (Å²) >= 11 is 0. The summed E-state index contributed by atoms with van der Waals surface area (Å²) in [7, 11) is 1.80. The molecule has 0 radical (unpaired) electrons. The summed E-state index contributed by atoms with van der Waals surface area (Å²) in [5.74, 6) is 0.348. The van der Waals surface area contributed by atoms with Crippen LogP contribution in [0.25, 0.3) is 0 Å². The number of rotatable bonds is 11. The fourth-order valence-electron chi connectivity index (χ4n) is 1.90. The van der Waals surface area contributed by atoms with Crippen molar-refractivity contribution in [1.29, 1.82) is 0 Å². The summed E-state index contributed by atoms with van der Waals surface area (Å²) in [6.45, 7) is 8.29. The molecule has 2 amide bonds. The fraction of sp³-hybridized carbons (Fsp3) is 0.875. The maximum absolute atomic E-state index is 12.2. The zero-order valence-electron chi connectivity index (χ0n) is 16.5. The van der Waals surface area contributed by atoms with Gasteiger partial charge in [0, 0.05) is 33.9 Å². The predicted octanol–water partition coefficient (Wildman–Crippen LogP) is 3.14. The van der Waals surface area contributed by atoms with Crippen LogP contribution in [0.4, 0.5) is 9.59 Å². The van der Waals surface area contributed by atoms with Gasteiger partial charge in [-0.1, -0.05) is 27.7 Å². The molecule has 0 saturated heterocycles. The van der Waals surface area contributed by atoms with Crippen LogP contribution >= 0.6 is 0 Å². The van der Waals surface area contributed by atoms with Gasteiger partial charge in [-0.25, -0.2) is 14.5 Å². The van der Waals surface area contributed by atoms with Gasteiger partial charge in [0.1, 0.15) is 0 Å². The van der Waals surface area contributed by atoms with Crippen LogP contribution in [-0.2, 0) is 22.8 Å². The van der Waals surface area contributed by atoms with E-state index in [2.05, 4.69) is 0 Å². The Labute approximate surface area is 152 Å². The number of hydrogen-bond donors (Lipinski definition) is 0. The number of nitrogens with zero attached hydrogens (tertiary/aromatic N) is 1. The lowest BCUT2D eigenvalue weighted by atomic mass is 10.2.